The third-order valence-corrected chi connectivity index (χ3v) is 5.15. The summed E-state index contributed by atoms with van der Waals surface area (Å²) in [6.45, 7) is 4.32. The van der Waals surface area contributed by atoms with Crippen LogP contribution < -0.4 is 5.56 Å². The van der Waals surface area contributed by atoms with Crippen LogP contribution in [0.25, 0.3) is 22.2 Å². The summed E-state index contributed by atoms with van der Waals surface area (Å²) in [4.78, 5) is 21.0. The normalized spacial score (nSPS) is 12.5. The van der Waals surface area contributed by atoms with E-state index in [2.05, 4.69) is 32.8 Å². The van der Waals surface area contributed by atoms with Gasteiger partial charge in [-0.3, -0.25) is 4.79 Å². The van der Waals surface area contributed by atoms with Gasteiger partial charge >= 0.3 is 0 Å². The first-order valence-electron chi connectivity index (χ1n) is 8.95. The van der Waals surface area contributed by atoms with Gasteiger partial charge in [-0.05, 0) is 41.4 Å². The predicted molar refractivity (Wildman–Crippen MR) is 107 cm³/mol. The van der Waals surface area contributed by atoms with E-state index in [-0.39, 0.29) is 16.9 Å². The summed E-state index contributed by atoms with van der Waals surface area (Å²) in [5.74, 6) is -0.347. The van der Waals surface area contributed by atoms with Crippen LogP contribution in [-0.2, 0) is 6.54 Å². The monoisotopic (exact) mass is 433 g/mol. The molecule has 1 N–H and O–H groups in total. The molecule has 0 aliphatic heterocycles. The van der Waals surface area contributed by atoms with Crippen molar-refractivity contribution in [1.82, 2.24) is 14.5 Å². The summed E-state index contributed by atoms with van der Waals surface area (Å²) in [6.07, 6.45) is 7.00. The molecule has 0 aliphatic rings. The molecule has 0 spiro atoms. The van der Waals surface area contributed by atoms with Crippen molar-refractivity contribution in [1.29, 1.82) is 0 Å². The van der Waals surface area contributed by atoms with Crippen molar-refractivity contribution in [2.75, 3.05) is 0 Å². The molecule has 0 aliphatic carbocycles. The molecule has 0 saturated carbocycles. The zero-order valence-corrected chi connectivity index (χ0v) is 16.8. The molecular formula is C20H21BrFN3O2. The average molecular weight is 434 g/mol. The Bertz CT molecular complexity index is 1020. The second-order valence-corrected chi connectivity index (χ2v) is 7.43. The molecule has 0 saturated heterocycles. The Kier molecular flexibility index (Phi) is 6.01. The number of aliphatic hydroxyl groups excluding tert-OH is 1. The molecule has 7 heteroatoms. The number of aryl methyl sites for hydroxylation is 1. The zero-order valence-electron chi connectivity index (χ0n) is 15.2. The van der Waals surface area contributed by atoms with E-state index in [1.807, 2.05) is 0 Å². The molecule has 1 unspecified atom stereocenters. The van der Waals surface area contributed by atoms with Crippen LogP contribution in [0, 0.1) is 5.82 Å². The smallest absolute Gasteiger partial charge is 0.258 e. The lowest BCUT2D eigenvalue weighted by Crippen LogP contribution is -2.20. The Morgan fingerprint density at radius 1 is 1.22 bits per heavy atom. The lowest BCUT2D eigenvalue weighted by Gasteiger charge is -2.11. The number of aliphatic hydroxyl groups is 1. The van der Waals surface area contributed by atoms with E-state index in [0.717, 1.165) is 23.7 Å². The minimum atomic E-state index is -0.694. The molecule has 5 nitrogen and oxygen atoms in total. The summed E-state index contributed by atoms with van der Waals surface area (Å²) in [6, 6.07) is 2.84. The van der Waals surface area contributed by atoms with Crippen LogP contribution in [0.2, 0.25) is 0 Å². The lowest BCUT2D eigenvalue weighted by atomic mass is 10.1. The lowest BCUT2D eigenvalue weighted by molar-refractivity contribution is 0.198. The quantitative estimate of drug-likeness (QED) is 0.576. The zero-order chi connectivity index (χ0) is 19.6. The van der Waals surface area contributed by atoms with Crippen molar-refractivity contribution in [2.24, 2.45) is 0 Å². The predicted octanol–water partition coefficient (Wildman–Crippen LogP) is 4.60. The highest BCUT2D eigenvalue weighted by Crippen LogP contribution is 2.29. The van der Waals surface area contributed by atoms with Gasteiger partial charge in [-0.25, -0.2) is 14.4 Å². The summed E-state index contributed by atoms with van der Waals surface area (Å²) < 4.78 is 17.1. The second-order valence-electron chi connectivity index (χ2n) is 6.58. The van der Waals surface area contributed by atoms with Gasteiger partial charge in [-0.2, -0.15) is 0 Å². The molecule has 1 aromatic carbocycles. The van der Waals surface area contributed by atoms with Crippen molar-refractivity contribution in [3.63, 3.8) is 0 Å². The van der Waals surface area contributed by atoms with E-state index < -0.39 is 11.9 Å². The van der Waals surface area contributed by atoms with Crippen molar-refractivity contribution in [3.05, 3.63) is 56.9 Å². The Hall–Kier alpha value is -2.12. The first-order chi connectivity index (χ1) is 12.9. The standard InChI is InChI=1S/C20H21BrFN3O2/c1-3-4-5-6-25-11-17(21)14-7-16(18(22)8-15(14)20(25)27)19-23-9-13(10-24-19)12(2)26/h7-12,26H,3-6H2,1-2H3. The third kappa shape index (κ3) is 4.09. The van der Waals surface area contributed by atoms with Gasteiger partial charge in [0.05, 0.1) is 17.1 Å². The largest absolute Gasteiger partial charge is 0.389 e. The molecule has 0 bridgehead atoms. The molecule has 2 aromatic heterocycles. The summed E-state index contributed by atoms with van der Waals surface area (Å²) in [5.41, 5.74) is 0.555. The number of fused-ring (bicyclic) bond motifs is 1. The van der Waals surface area contributed by atoms with Gasteiger partial charge in [0.25, 0.3) is 5.56 Å². The first kappa shape index (κ1) is 19.6. The summed E-state index contributed by atoms with van der Waals surface area (Å²) >= 11 is 3.50. The Morgan fingerprint density at radius 2 is 1.93 bits per heavy atom. The summed E-state index contributed by atoms with van der Waals surface area (Å²) in [7, 11) is 0. The van der Waals surface area contributed by atoms with Crippen molar-refractivity contribution in [2.45, 2.75) is 45.8 Å². The molecular weight excluding hydrogens is 413 g/mol. The fourth-order valence-electron chi connectivity index (χ4n) is 2.93. The Labute approximate surface area is 165 Å². The van der Waals surface area contributed by atoms with Crippen molar-refractivity contribution >= 4 is 26.7 Å². The number of hydrogen-bond donors (Lipinski definition) is 1. The topological polar surface area (TPSA) is 68.0 Å². The van der Waals surface area contributed by atoms with Crippen LogP contribution in [0.4, 0.5) is 4.39 Å². The molecule has 0 amide bonds. The molecule has 3 rings (SSSR count). The molecule has 142 valence electrons. The number of unbranched alkanes of at least 4 members (excludes halogenated alkanes) is 2. The Balaban J connectivity index is 2.07. The maximum absolute atomic E-state index is 14.7. The number of hydrogen-bond acceptors (Lipinski definition) is 4. The van der Waals surface area contributed by atoms with Gasteiger partial charge in [0.15, 0.2) is 5.82 Å². The van der Waals surface area contributed by atoms with E-state index in [0.29, 0.717) is 22.9 Å². The van der Waals surface area contributed by atoms with Crippen LogP contribution in [0.5, 0.6) is 0 Å². The highest BCUT2D eigenvalue weighted by molar-refractivity contribution is 9.10. The first-order valence-corrected chi connectivity index (χ1v) is 9.74. The van der Waals surface area contributed by atoms with Gasteiger partial charge in [-0.1, -0.05) is 19.8 Å². The van der Waals surface area contributed by atoms with Gasteiger partial charge < -0.3 is 9.67 Å². The van der Waals surface area contributed by atoms with Crippen molar-refractivity contribution < 1.29 is 9.50 Å². The van der Waals surface area contributed by atoms with Gasteiger partial charge in [0.2, 0.25) is 0 Å². The van der Waals surface area contributed by atoms with Crippen molar-refractivity contribution in [3.8, 4) is 11.4 Å². The van der Waals surface area contributed by atoms with E-state index in [1.165, 1.54) is 18.5 Å². The van der Waals surface area contributed by atoms with Crippen LogP contribution in [0.1, 0.15) is 44.8 Å². The number of pyridine rings is 1. The highest BCUT2D eigenvalue weighted by Gasteiger charge is 2.15. The van der Waals surface area contributed by atoms with Crippen LogP contribution in [0.15, 0.2) is 40.0 Å². The number of nitrogens with zero attached hydrogens (tertiary/aromatic N) is 3. The maximum Gasteiger partial charge on any atom is 0.258 e. The number of benzene rings is 1. The molecule has 0 radical (unpaired) electrons. The van der Waals surface area contributed by atoms with E-state index in [9.17, 15) is 14.3 Å². The molecule has 3 aromatic rings. The fraction of sp³-hybridized carbons (Fsp3) is 0.350. The fourth-order valence-corrected chi connectivity index (χ4v) is 3.51. The molecule has 0 fully saturated rings. The molecule has 1 atom stereocenters. The van der Waals surface area contributed by atoms with Crippen LogP contribution in [0.3, 0.4) is 0 Å². The molecule has 27 heavy (non-hydrogen) atoms. The van der Waals surface area contributed by atoms with Crippen LogP contribution >= 0.6 is 15.9 Å². The van der Waals surface area contributed by atoms with Gasteiger partial charge in [-0.15, -0.1) is 0 Å². The van der Waals surface area contributed by atoms with Gasteiger partial charge in [0.1, 0.15) is 5.82 Å². The molecule has 2 heterocycles. The van der Waals surface area contributed by atoms with Gasteiger partial charge in [0, 0.05) is 40.6 Å². The minimum Gasteiger partial charge on any atom is -0.389 e. The number of aromatic nitrogens is 3. The summed E-state index contributed by atoms with van der Waals surface area (Å²) in [5, 5.41) is 10.5. The SMILES string of the molecule is CCCCCn1cc(Br)c2cc(-c3ncc(C(C)O)cn3)c(F)cc2c1=O. The number of rotatable bonds is 6. The van der Waals surface area contributed by atoms with E-state index in [1.54, 1.807) is 23.8 Å². The number of halogens is 2. The van der Waals surface area contributed by atoms with Crippen LogP contribution in [-0.4, -0.2) is 19.6 Å². The Morgan fingerprint density at radius 3 is 2.56 bits per heavy atom. The minimum absolute atomic E-state index is 0.206. The highest BCUT2D eigenvalue weighted by atomic mass is 79.9. The third-order valence-electron chi connectivity index (χ3n) is 4.52. The maximum atomic E-state index is 14.7. The van der Waals surface area contributed by atoms with E-state index >= 15 is 0 Å². The second kappa shape index (κ2) is 8.27. The average Bonchev–Trinajstić information content (AvgIpc) is 2.65. The van der Waals surface area contributed by atoms with E-state index in [4.69, 9.17) is 0 Å².